The van der Waals surface area contributed by atoms with Gasteiger partial charge in [-0.25, -0.2) is 0 Å². The second kappa shape index (κ2) is 6.91. The van der Waals surface area contributed by atoms with E-state index in [4.69, 9.17) is 10.8 Å². The van der Waals surface area contributed by atoms with Crippen molar-refractivity contribution in [2.75, 3.05) is 19.7 Å². The van der Waals surface area contributed by atoms with Crippen molar-refractivity contribution in [2.45, 2.75) is 51.6 Å². The van der Waals surface area contributed by atoms with Crippen LogP contribution in [0.4, 0.5) is 0 Å². The number of rotatable bonds is 4. The summed E-state index contributed by atoms with van der Waals surface area (Å²) in [5, 5.41) is 9.14. The van der Waals surface area contributed by atoms with Crippen LogP contribution in [0.2, 0.25) is 0 Å². The third kappa shape index (κ3) is 4.53. The monoisotopic (exact) mass is 290 g/mol. The number of hydrogen-bond donors (Lipinski definition) is 2. The van der Waals surface area contributed by atoms with Gasteiger partial charge in [-0.3, -0.25) is 4.90 Å². The molecule has 0 spiro atoms. The maximum absolute atomic E-state index is 9.14. The summed E-state index contributed by atoms with van der Waals surface area (Å²) in [5.74, 6) is 0.481. The van der Waals surface area contributed by atoms with Crippen LogP contribution in [0.5, 0.6) is 0 Å². The highest BCUT2D eigenvalue weighted by atomic mass is 16.3. The van der Waals surface area contributed by atoms with Gasteiger partial charge in [0.15, 0.2) is 0 Å². The van der Waals surface area contributed by atoms with Gasteiger partial charge in [-0.15, -0.1) is 0 Å². The zero-order chi connectivity index (χ0) is 15.5. The second-order valence-electron chi connectivity index (χ2n) is 7.41. The van der Waals surface area contributed by atoms with Gasteiger partial charge in [0.1, 0.15) is 0 Å². The van der Waals surface area contributed by atoms with Crippen molar-refractivity contribution in [1.29, 1.82) is 0 Å². The Morgan fingerprint density at radius 3 is 2.24 bits per heavy atom. The lowest BCUT2D eigenvalue weighted by Crippen LogP contribution is -2.42. The SMILES string of the molecule is CC(C)(C)c1ccc(CN2CCC(C(N)CO)CC2)cc1. The fourth-order valence-electron chi connectivity index (χ4n) is 3.06. The molecule has 0 saturated carbocycles. The number of piperidine rings is 1. The van der Waals surface area contributed by atoms with Crippen LogP contribution in [0.25, 0.3) is 0 Å². The molecular weight excluding hydrogens is 260 g/mol. The summed E-state index contributed by atoms with van der Waals surface area (Å²) in [4.78, 5) is 2.49. The van der Waals surface area contributed by atoms with Crippen molar-refractivity contribution in [3.8, 4) is 0 Å². The Bertz CT molecular complexity index is 428. The maximum atomic E-state index is 9.14. The van der Waals surface area contributed by atoms with E-state index in [9.17, 15) is 0 Å². The molecule has 2 rings (SSSR count). The molecule has 1 heterocycles. The molecule has 3 heteroatoms. The molecule has 0 amide bonds. The van der Waals surface area contributed by atoms with Crippen molar-refractivity contribution in [2.24, 2.45) is 11.7 Å². The van der Waals surface area contributed by atoms with Crippen molar-refractivity contribution in [3.05, 3.63) is 35.4 Å². The van der Waals surface area contributed by atoms with Crippen molar-refractivity contribution in [1.82, 2.24) is 4.90 Å². The zero-order valence-electron chi connectivity index (χ0n) is 13.7. The van der Waals surface area contributed by atoms with Crippen LogP contribution in [0, 0.1) is 5.92 Å². The van der Waals surface area contributed by atoms with Gasteiger partial charge in [0.05, 0.1) is 6.61 Å². The van der Waals surface area contributed by atoms with Crippen LogP contribution in [0.1, 0.15) is 44.7 Å². The van der Waals surface area contributed by atoms with E-state index in [1.165, 1.54) is 11.1 Å². The predicted octanol–water partition coefficient (Wildman–Crippen LogP) is 2.52. The average molecular weight is 290 g/mol. The van der Waals surface area contributed by atoms with Crippen molar-refractivity contribution >= 4 is 0 Å². The van der Waals surface area contributed by atoms with Gasteiger partial charge in [0.2, 0.25) is 0 Å². The van der Waals surface area contributed by atoms with Gasteiger partial charge in [0.25, 0.3) is 0 Å². The lowest BCUT2D eigenvalue weighted by molar-refractivity contribution is 0.136. The third-order valence-electron chi connectivity index (χ3n) is 4.67. The van der Waals surface area contributed by atoms with Gasteiger partial charge in [-0.05, 0) is 48.4 Å². The first-order chi connectivity index (χ1) is 9.90. The highest BCUT2D eigenvalue weighted by molar-refractivity contribution is 5.27. The highest BCUT2D eigenvalue weighted by Gasteiger charge is 2.23. The van der Waals surface area contributed by atoms with Crippen molar-refractivity contribution in [3.63, 3.8) is 0 Å². The van der Waals surface area contributed by atoms with Crippen molar-refractivity contribution < 1.29 is 5.11 Å². The first-order valence-corrected chi connectivity index (χ1v) is 8.08. The molecule has 3 N–H and O–H groups in total. The molecular formula is C18H30N2O. The topological polar surface area (TPSA) is 49.5 Å². The van der Waals surface area contributed by atoms with E-state index in [-0.39, 0.29) is 18.1 Å². The van der Waals surface area contributed by atoms with Gasteiger partial charge < -0.3 is 10.8 Å². The molecule has 1 fully saturated rings. The van der Waals surface area contributed by atoms with Crippen LogP contribution < -0.4 is 5.73 Å². The zero-order valence-corrected chi connectivity index (χ0v) is 13.7. The molecule has 0 aromatic heterocycles. The summed E-state index contributed by atoms with van der Waals surface area (Å²) >= 11 is 0. The molecule has 21 heavy (non-hydrogen) atoms. The summed E-state index contributed by atoms with van der Waals surface area (Å²) < 4.78 is 0. The Hall–Kier alpha value is -0.900. The predicted molar refractivity (Wildman–Crippen MR) is 88.2 cm³/mol. The minimum absolute atomic E-state index is 0.0433. The normalized spacial score (nSPS) is 19.7. The summed E-state index contributed by atoms with van der Waals surface area (Å²) in [6.45, 7) is 10.0. The van der Waals surface area contributed by atoms with E-state index < -0.39 is 0 Å². The average Bonchev–Trinajstić information content (AvgIpc) is 2.47. The van der Waals surface area contributed by atoms with E-state index in [1.807, 2.05) is 0 Å². The molecule has 1 unspecified atom stereocenters. The van der Waals surface area contributed by atoms with E-state index in [1.54, 1.807) is 0 Å². The number of benzene rings is 1. The van der Waals surface area contributed by atoms with Crippen LogP contribution in [-0.4, -0.2) is 35.7 Å². The number of aliphatic hydroxyl groups is 1. The Labute approximate surface area is 129 Å². The van der Waals surface area contributed by atoms with E-state index in [0.29, 0.717) is 5.92 Å². The molecule has 3 nitrogen and oxygen atoms in total. The Morgan fingerprint density at radius 2 is 1.76 bits per heavy atom. The number of hydrogen-bond acceptors (Lipinski definition) is 3. The molecule has 1 aliphatic heterocycles. The standard InChI is InChI=1S/C18H30N2O/c1-18(2,3)16-6-4-14(5-7-16)12-20-10-8-15(9-11-20)17(19)13-21/h4-7,15,17,21H,8-13,19H2,1-3H3. The summed E-state index contributed by atoms with van der Waals surface area (Å²) in [6, 6.07) is 8.98. The fourth-order valence-corrected chi connectivity index (χ4v) is 3.06. The van der Waals surface area contributed by atoms with Crippen LogP contribution >= 0.6 is 0 Å². The Morgan fingerprint density at radius 1 is 1.19 bits per heavy atom. The van der Waals surface area contributed by atoms with Crippen LogP contribution in [0.3, 0.4) is 0 Å². The molecule has 118 valence electrons. The molecule has 1 aromatic carbocycles. The largest absolute Gasteiger partial charge is 0.395 e. The highest BCUT2D eigenvalue weighted by Crippen LogP contribution is 2.24. The first-order valence-electron chi connectivity index (χ1n) is 8.08. The van der Waals surface area contributed by atoms with Gasteiger partial charge in [-0.1, -0.05) is 45.0 Å². The fraction of sp³-hybridized carbons (Fsp3) is 0.667. The number of nitrogens with two attached hydrogens (primary N) is 1. The molecule has 1 aliphatic rings. The molecule has 1 aromatic rings. The van der Waals surface area contributed by atoms with Gasteiger partial charge in [-0.2, -0.15) is 0 Å². The maximum Gasteiger partial charge on any atom is 0.0585 e. The summed E-state index contributed by atoms with van der Waals surface area (Å²) in [6.07, 6.45) is 2.20. The van der Waals surface area contributed by atoms with E-state index >= 15 is 0 Å². The number of likely N-dealkylation sites (tertiary alicyclic amines) is 1. The number of aliphatic hydroxyl groups excluding tert-OH is 1. The first kappa shape index (κ1) is 16.5. The molecule has 1 saturated heterocycles. The van der Waals surface area contributed by atoms with E-state index in [0.717, 1.165) is 32.5 Å². The van der Waals surface area contributed by atoms with Crippen LogP contribution in [-0.2, 0) is 12.0 Å². The lowest BCUT2D eigenvalue weighted by Gasteiger charge is -2.34. The van der Waals surface area contributed by atoms with E-state index in [2.05, 4.69) is 49.9 Å². The minimum Gasteiger partial charge on any atom is -0.395 e. The third-order valence-corrected chi connectivity index (χ3v) is 4.67. The Balaban J connectivity index is 1.86. The molecule has 1 atom stereocenters. The molecule has 0 aliphatic carbocycles. The second-order valence-corrected chi connectivity index (χ2v) is 7.41. The molecule has 0 radical (unpaired) electrons. The van der Waals surface area contributed by atoms with Crippen LogP contribution in [0.15, 0.2) is 24.3 Å². The minimum atomic E-state index is -0.0433. The molecule has 0 bridgehead atoms. The number of nitrogens with zero attached hydrogens (tertiary/aromatic N) is 1. The van der Waals surface area contributed by atoms with Gasteiger partial charge in [0, 0.05) is 12.6 Å². The Kier molecular flexibility index (Phi) is 5.42. The van der Waals surface area contributed by atoms with Gasteiger partial charge >= 0.3 is 0 Å². The lowest BCUT2D eigenvalue weighted by atomic mass is 9.86. The smallest absolute Gasteiger partial charge is 0.0585 e. The summed E-state index contributed by atoms with van der Waals surface area (Å²) in [7, 11) is 0. The quantitative estimate of drug-likeness (QED) is 0.896. The summed E-state index contributed by atoms with van der Waals surface area (Å²) in [5.41, 5.74) is 8.92.